The van der Waals surface area contributed by atoms with Gasteiger partial charge in [-0.15, -0.1) is 0 Å². The highest BCUT2D eigenvalue weighted by atomic mass is 35.5. The van der Waals surface area contributed by atoms with E-state index in [1.165, 1.54) is 14.2 Å². The van der Waals surface area contributed by atoms with E-state index in [-0.39, 0.29) is 12.1 Å². The quantitative estimate of drug-likeness (QED) is 0.601. The summed E-state index contributed by atoms with van der Waals surface area (Å²) in [5.41, 5.74) is -0.189. The van der Waals surface area contributed by atoms with Crippen LogP contribution in [0.3, 0.4) is 0 Å². The number of aliphatic imine (C=N–C) groups is 1. The zero-order chi connectivity index (χ0) is 18.6. The lowest BCUT2D eigenvalue weighted by atomic mass is 10.1. The first kappa shape index (κ1) is 19.0. The standard InChI is InChI=1S/C16H13Cl2FN2O4/c1-24-10-5-3-4-8(13(10)25-2)6-20-7-9-11(16(22)23)14(17)21-15(18)12(9)19/h3-5,7H,6H2,1-2H3,(H,22,23). The van der Waals surface area contributed by atoms with Crippen molar-refractivity contribution in [3.05, 3.63) is 51.0 Å². The number of para-hydroxylation sites is 1. The average molecular weight is 387 g/mol. The molecule has 1 aromatic heterocycles. The van der Waals surface area contributed by atoms with Gasteiger partial charge in [-0.2, -0.15) is 0 Å². The number of benzene rings is 1. The summed E-state index contributed by atoms with van der Waals surface area (Å²) < 4.78 is 24.6. The molecule has 0 amide bonds. The maximum Gasteiger partial charge on any atom is 0.339 e. The Morgan fingerprint density at radius 1 is 1.32 bits per heavy atom. The molecule has 2 aromatic rings. The van der Waals surface area contributed by atoms with Gasteiger partial charge in [-0.25, -0.2) is 14.2 Å². The number of halogens is 3. The minimum Gasteiger partial charge on any atom is -0.493 e. The fourth-order valence-electron chi connectivity index (χ4n) is 2.16. The topological polar surface area (TPSA) is 81.0 Å². The third kappa shape index (κ3) is 4.00. The van der Waals surface area contributed by atoms with E-state index in [2.05, 4.69) is 9.98 Å². The van der Waals surface area contributed by atoms with Gasteiger partial charge >= 0.3 is 5.97 Å². The Labute approximate surface area is 152 Å². The number of carboxylic acid groups (broad SMARTS) is 1. The molecule has 0 fully saturated rings. The smallest absolute Gasteiger partial charge is 0.339 e. The number of carboxylic acids is 1. The van der Waals surface area contributed by atoms with Crippen molar-refractivity contribution < 1.29 is 23.8 Å². The molecule has 0 spiro atoms. The van der Waals surface area contributed by atoms with Crippen LogP contribution >= 0.6 is 23.2 Å². The number of aromatic nitrogens is 1. The van der Waals surface area contributed by atoms with Crippen molar-refractivity contribution in [3.63, 3.8) is 0 Å². The fourth-order valence-corrected chi connectivity index (χ4v) is 2.66. The lowest BCUT2D eigenvalue weighted by Gasteiger charge is -2.11. The molecule has 0 radical (unpaired) electrons. The second-order valence-corrected chi connectivity index (χ2v) is 5.44. The average Bonchev–Trinajstić information content (AvgIpc) is 2.58. The number of pyridine rings is 1. The molecule has 0 saturated carbocycles. The van der Waals surface area contributed by atoms with E-state index in [0.29, 0.717) is 17.1 Å². The molecule has 1 heterocycles. The van der Waals surface area contributed by atoms with Crippen molar-refractivity contribution >= 4 is 35.4 Å². The zero-order valence-corrected chi connectivity index (χ0v) is 14.7. The summed E-state index contributed by atoms with van der Waals surface area (Å²) in [6.07, 6.45) is 1.05. The SMILES string of the molecule is COc1cccc(CN=Cc2c(F)c(Cl)nc(Cl)c2C(=O)O)c1OC. The number of carbonyl (C=O) groups is 1. The normalized spacial score (nSPS) is 10.9. The van der Waals surface area contributed by atoms with Gasteiger partial charge in [-0.3, -0.25) is 4.99 Å². The molecular weight excluding hydrogens is 374 g/mol. The first-order chi connectivity index (χ1) is 11.9. The number of methoxy groups -OCH3 is 2. The van der Waals surface area contributed by atoms with Crippen LogP contribution in [0.15, 0.2) is 23.2 Å². The van der Waals surface area contributed by atoms with Gasteiger partial charge < -0.3 is 14.6 Å². The van der Waals surface area contributed by atoms with Crippen LogP contribution in [0.5, 0.6) is 11.5 Å². The second kappa shape index (κ2) is 8.13. The molecule has 9 heteroatoms. The molecule has 0 aliphatic carbocycles. The molecule has 132 valence electrons. The molecule has 0 aliphatic rings. The predicted molar refractivity (Wildman–Crippen MR) is 92.0 cm³/mol. The second-order valence-electron chi connectivity index (χ2n) is 4.72. The highest BCUT2D eigenvalue weighted by Gasteiger charge is 2.22. The third-order valence-electron chi connectivity index (χ3n) is 3.27. The van der Waals surface area contributed by atoms with Crippen LogP contribution in [-0.4, -0.2) is 36.5 Å². The molecule has 0 unspecified atom stereocenters. The maximum atomic E-state index is 14.1. The largest absolute Gasteiger partial charge is 0.493 e. The molecule has 0 aliphatic heterocycles. The fraction of sp³-hybridized carbons (Fsp3) is 0.188. The number of ether oxygens (including phenoxy) is 2. The Hall–Kier alpha value is -2.38. The van der Waals surface area contributed by atoms with Crippen LogP contribution in [0, 0.1) is 5.82 Å². The van der Waals surface area contributed by atoms with E-state index in [1.54, 1.807) is 18.2 Å². The number of hydrogen-bond acceptors (Lipinski definition) is 5. The van der Waals surface area contributed by atoms with Crippen LogP contribution < -0.4 is 9.47 Å². The van der Waals surface area contributed by atoms with Gasteiger partial charge in [0.05, 0.1) is 20.8 Å². The van der Waals surface area contributed by atoms with Gasteiger partial charge in [-0.05, 0) is 6.07 Å². The van der Waals surface area contributed by atoms with E-state index < -0.39 is 27.7 Å². The van der Waals surface area contributed by atoms with Crippen LogP contribution in [0.25, 0.3) is 0 Å². The summed E-state index contributed by atoms with van der Waals surface area (Å²) in [5, 5.41) is 8.25. The van der Waals surface area contributed by atoms with E-state index in [9.17, 15) is 14.3 Å². The van der Waals surface area contributed by atoms with E-state index in [4.69, 9.17) is 32.7 Å². The van der Waals surface area contributed by atoms with Gasteiger partial charge in [0, 0.05) is 17.3 Å². The summed E-state index contributed by atoms with van der Waals surface area (Å²) in [6, 6.07) is 5.21. The van der Waals surface area contributed by atoms with Crippen LogP contribution in [-0.2, 0) is 6.54 Å². The molecule has 0 saturated heterocycles. The molecule has 6 nitrogen and oxygen atoms in total. The van der Waals surface area contributed by atoms with Gasteiger partial charge in [0.2, 0.25) is 0 Å². The Bertz CT molecular complexity index is 843. The summed E-state index contributed by atoms with van der Waals surface area (Å²) in [6.45, 7) is 0.0937. The Kier molecular flexibility index (Phi) is 6.17. The molecule has 1 N–H and O–H groups in total. The molecule has 2 rings (SSSR count). The number of rotatable bonds is 6. The van der Waals surface area contributed by atoms with E-state index in [0.717, 1.165) is 6.21 Å². The van der Waals surface area contributed by atoms with Crippen molar-refractivity contribution in [2.24, 2.45) is 4.99 Å². The monoisotopic (exact) mass is 386 g/mol. The number of hydrogen-bond donors (Lipinski definition) is 1. The lowest BCUT2D eigenvalue weighted by Crippen LogP contribution is -2.08. The zero-order valence-electron chi connectivity index (χ0n) is 13.2. The first-order valence-corrected chi connectivity index (χ1v) is 7.63. The molecular formula is C16H13Cl2FN2O4. The first-order valence-electron chi connectivity index (χ1n) is 6.88. The van der Waals surface area contributed by atoms with E-state index in [1.807, 2.05) is 0 Å². The van der Waals surface area contributed by atoms with Crippen molar-refractivity contribution in [1.82, 2.24) is 4.98 Å². The van der Waals surface area contributed by atoms with Crippen LogP contribution in [0.4, 0.5) is 4.39 Å². The summed E-state index contributed by atoms with van der Waals surface area (Å²) in [7, 11) is 2.98. The maximum absolute atomic E-state index is 14.1. The van der Waals surface area contributed by atoms with Crippen molar-refractivity contribution in [3.8, 4) is 11.5 Å². The minimum atomic E-state index is -1.44. The molecule has 25 heavy (non-hydrogen) atoms. The van der Waals surface area contributed by atoms with Crippen LogP contribution in [0.2, 0.25) is 10.3 Å². The van der Waals surface area contributed by atoms with Crippen LogP contribution in [0.1, 0.15) is 21.5 Å². The summed E-state index contributed by atoms with van der Waals surface area (Å²) in [4.78, 5) is 18.8. The van der Waals surface area contributed by atoms with Gasteiger partial charge in [-0.1, -0.05) is 35.3 Å². The highest BCUT2D eigenvalue weighted by molar-refractivity contribution is 6.35. The number of nitrogens with zero attached hydrogens (tertiary/aromatic N) is 2. The number of aromatic carboxylic acids is 1. The molecule has 0 atom stereocenters. The van der Waals surface area contributed by atoms with E-state index >= 15 is 0 Å². The Morgan fingerprint density at radius 2 is 2.04 bits per heavy atom. The summed E-state index contributed by atoms with van der Waals surface area (Å²) in [5.74, 6) is -1.45. The van der Waals surface area contributed by atoms with Crippen molar-refractivity contribution in [1.29, 1.82) is 0 Å². The van der Waals surface area contributed by atoms with Gasteiger partial charge in [0.1, 0.15) is 10.7 Å². The summed E-state index contributed by atoms with van der Waals surface area (Å²) >= 11 is 11.4. The van der Waals surface area contributed by atoms with Gasteiger partial charge in [0.25, 0.3) is 0 Å². The van der Waals surface area contributed by atoms with Crippen molar-refractivity contribution in [2.45, 2.75) is 6.54 Å². The Morgan fingerprint density at radius 3 is 2.64 bits per heavy atom. The highest BCUT2D eigenvalue weighted by Crippen LogP contribution is 2.31. The lowest BCUT2D eigenvalue weighted by molar-refractivity contribution is 0.0696. The predicted octanol–water partition coefficient (Wildman–Crippen LogP) is 3.86. The van der Waals surface area contributed by atoms with Gasteiger partial charge in [0.15, 0.2) is 22.5 Å². The van der Waals surface area contributed by atoms with Crippen molar-refractivity contribution in [2.75, 3.05) is 14.2 Å². The molecule has 1 aromatic carbocycles. The minimum absolute atomic E-state index is 0.0937. The Balaban J connectivity index is 2.40. The third-order valence-corrected chi connectivity index (χ3v) is 3.79. The molecule has 0 bridgehead atoms.